The highest BCUT2D eigenvalue weighted by atomic mass is 19.1. The molecule has 0 fully saturated rings. The third kappa shape index (κ3) is 3.40. The van der Waals surface area contributed by atoms with E-state index in [9.17, 15) is 14.3 Å². The summed E-state index contributed by atoms with van der Waals surface area (Å²) >= 11 is 0. The van der Waals surface area contributed by atoms with Crippen LogP contribution in [0.3, 0.4) is 0 Å². The molecule has 0 saturated heterocycles. The maximum absolute atomic E-state index is 14.6. The number of aliphatic hydroxyl groups is 1. The number of hydrogen-bond donors (Lipinski definition) is 3. The summed E-state index contributed by atoms with van der Waals surface area (Å²) in [5, 5.41) is 12.4. The number of aromatic nitrogens is 1. The molecule has 1 aliphatic heterocycles. The zero-order valence-electron chi connectivity index (χ0n) is 15.8. The first-order valence-corrected chi connectivity index (χ1v) is 9.17. The van der Waals surface area contributed by atoms with Gasteiger partial charge in [-0.25, -0.2) is 4.98 Å². The van der Waals surface area contributed by atoms with Gasteiger partial charge in [-0.2, -0.15) is 4.39 Å². The number of nitrogens with zero attached hydrogens (tertiary/aromatic N) is 1. The van der Waals surface area contributed by atoms with Gasteiger partial charge in [-0.1, -0.05) is 18.2 Å². The summed E-state index contributed by atoms with van der Waals surface area (Å²) < 4.78 is 19.8. The molecule has 148 valence electrons. The summed E-state index contributed by atoms with van der Waals surface area (Å²) in [6, 6.07) is 12.1. The molecule has 0 spiro atoms. The number of nitrogens with two attached hydrogens (primary N) is 1. The summed E-state index contributed by atoms with van der Waals surface area (Å²) in [6.45, 7) is 0.342. The average molecular weight is 393 g/mol. The molecule has 3 aromatic rings. The highest BCUT2D eigenvalue weighted by molar-refractivity contribution is 5.97. The van der Waals surface area contributed by atoms with Crippen LogP contribution >= 0.6 is 0 Å². The number of hydrogen-bond acceptors (Lipinski definition) is 5. The van der Waals surface area contributed by atoms with Crippen molar-refractivity contribution < 1.29 is 19.0 Å². The fourth-order valence-electron chi connectivity index (χ4n) is 3.60. The van der Waals surface area contributed by atoms with Crippen molar-refractivity contribution in [3.63, 3.8) is 0 Å². The second-order valence-electron chi connectivity index (χ2n) is 6.82. The van der Waals surface area contributed by atoms with E-state index in [1.165, 1.54) is 7.11 Å². The van der Waals surface area contributed by atoms with Gasteiger partial charge in [0.15, 0.2) is 0 Å². The molecular formula is C22H20FN3O3. The first kappa shape index (κ1) is 18.9. The molecule has 6 nitrogen and oxygen atoms in total. The van der Waals surface area contributed by atoms with E-state index in [1.54, 1.807) is 36.4 Å². The number of fused-ring (bicyclic) bond motifs is 1. The van der Waals surface area contributed by atoms with E-state index in [0.29, 0.717) is 41.0 Å². The molecule has 0 saturated carbocycles. The number of nitrogens with one attached hydrogen (secondary N) is 1. The lowest BCUT2D eigenvalue weighted by Crippen LogP contribution is -2.31. The minimum Gasteiger partial charge on any atom is -0.496 e. The summed E-state index contributed by atoms with van der Waals surface area (Å²) in [5.74, 6) is -0.202. The molecule has 7 heteroatoms. The second kappa shape index (κ2) is 7.52. The number of methoxy groups -OCH3 is 1. The van der Waals surface area contributed by atoms with Gasteiger partial charge in [0.25, 0.3) is 5.91 Å². The molecule has 2 heterocycles. The van der Waals surface area contributed by atoms with Crippen LogP contribution in [0.5, 0.6) is 5.75 Å². The van der Waals surface area contributed by atoms with Crippen molar-refractivity contribution in [1.29, 1.82) is 0 Å². The summed E-state index contributed by atoms with van der Waals surface area (Å²) in [5.41, 5.74) is 10.3. The maximum Gasteiger partial charge on any atom is 0.251 e. The molecule has 4 rings (SSSR count). The second-order valence-corrected chi connectivity index (χ2v) is 6.82. The highest BCUT2D eigenvalue weighted by Gasteiger charge is 2.19. The van der Waals surface area contributed by atoms with Gasteiger partial charge in [-0.05, 0) is 47.4 Å². The Morgan fingerprint density at radius 1 is 1.14 bits per heavy atom. The van der Waals surface area contributed by atoms with Crippen molar-refractivity contribution >= 4 is 11.7 Å². The molecule has 0 bridgehead atoms. The predicted molar refractivity (Wildman–Crippen MR) is 108 cm³/mol. The number of anilines is 1. The fourth-order valence-corrected chi connectivity index (χ4v) is 3.60. The van der Waals surface area contributed by atoms with Crippen LogP contribution in [0.15, 0.2) is 42.5 Å². The molecule has 0 aliphatic carbocycles. The maximum atomic E-state index is 14.6. The van der Waals surface area contributed by atoms with Crippen LogP contribution in [0, 0.1) is 5.95 Å². The fraction of sp³-hybridized carbons (Fsp3) is 0.182. The van der Waals surface area contributed by atoms with E-state index in [2.05, 4.69) is 10.3 Å². The number of halogens is 1. The van der Waals surface area contributed by atoms with E-state index in [0.717, 1.165) is 11.1 Å². The first-order chi connectivity index (χ1) is 14.0. The summed E-state index contributed by atoms with van der Waals surface area (Å²) in [6.07, 6.45) is 0.717. The van der Waals surface area contributed by atoms with Gasteiger partial charge in [-0.3, -0.25) is 4.79 Å². The van der Waals surface area contributed by atoms with E-state index < -0.39 is 5.95 Å². The van der Waals surface area contributed by atoms with Gasteiger partial charge >= 0.3 is 0 Å². The molecule has 4 N–H and O–H groups in total. The smallest absolute Gasteiger partial charge is 0.251 e. The van der Waals surface area contributed by atoms with Crippen LogP contribution in [-0.4, -0.2) is 29.7 Å². The predicted octanol–water partition coefficient (Wildman–Crippen LogP) is 2.92. The molecular weight excluding hydrogens is 373 g/mol. The zero-order chi connectivity index (χ0) is 20.5. The van der Waals surface area contributed by atoms with E-state index >= 15 is 0 Å². The van der Waals surface area contributed by atoms with Crippen molar-refractivity contribution in [3.8, 4) is 28.0 Å². The van der Waals surface area contributed by atoms with Crippen molar-refractivity contribution in [2.24, 2.45) is 0 Å². The Bertz CT molecular complexity index is 1110. The van der Waals surface area contributed by atoms with Crippen LogP contribution in [0.1, 0.15) is 21.5 Å². The third-order valence-corrected chi connectivity index (χ3v) is 5.11. The number of carbonyl (C=O) groups is 1. The van der Waals surface area contributed by atoms with Gasteiger partial charge in [0.2, 0.25) is 5.95 Å². The van der Waals surface area contributed by atoms with E-state index in [1.807, 2.05) is 6.07 Å². The topological polar surface area (TPSA) is 97.5 Å². The normalized spacial score (nSPS) is 13.0. The number of benzene rings is 2. The van der Waals surface area contributed by atoms with Crippen molar-refractivity contribution in [2.75, 3.05) is 19.4 Å². The monoisotopic (exact) mass is 393 g/mol. The van der Waals surface area contributed by atoms with Crippen molar-refractivity contribution in [2.45, 2.75) is 13.0 Å². The molecule has 0 unspecified atom stereocenters. The number of carbonyl (C=O) groups excluding carboxylic acids is 1. The minimum atomic E-state index is -0.697. The number of rotatable bonds is 4. The molecule has 1 aliphatic rings. The molecule has 1 amide bonds. The Balaban J connectivity index is 1.82. The molecule has 0 radical (unpaired) electrons. The number of ether oxygens (including phenoxy) is 1. The van der Waals surface area contributed by atoms with Crippen LogP contribution in [-0.2, 0) is 13.0 Å². The standard InChI is InChI=1S/C22H20FN3O3/c1-29-19-5-3-12(9-15(19)11-27)17-10-18(21(24)26-20(17)23)13-2-4-16-14(8-13)6-7-25-22(16)28/h2-5,8-10,27H,6-7,11H2,1H3,(H2,24,26)(H,25,28). The third-order valence-electron chi connectivity index (χ3n) is 5.11. The Kier molecular flexibility index (Phi) is 4.90. The van der Waals surface area contributed by atoms with E-state index in [4.69, 9.17) is 10.5 Å². The summed E-state index contributed by atoms with van der Waals surface area (Å²) in [4.78, 5) is 15.9. The number of nitrogen functional groups attached to an aromatic ring is 1. The molecule has 2 aromatic carbocycles. The van der Waals surface area contributed by atoms with Gasteiger partial charge in [-0.15, -0.1) is 0 Å². The molecule has 29 heavy (non-hydrogen) atoms. The van der Waals surface area contributed by atoms with E-state index in [-0.39, 0.29) is 23.9 Å². The zero-order valence-corrected chi connectivity index (χ0v) is 15.8. The quantitative estimate of drug-likeness (QED) is 0.592. The SMILES string of the molecule is COc1ccc(-c2cc(-c3ccc4c(c3)CCNC4=O)c(N)nc2F)cc1CO. The van der Waals surface area contributed by atoms with Crippen LogP contribution < -0.4 is 15.8 Å². The van der Waals surface area contributed by atoms with Crippen LogP contribution in [0.2, 0.25) is 0 Å². The average Bonchev–Trinajstić information content (AvgIpc) is 2.73. The van der Waals surface area contributed by atoms with Gasteiger partial charge in [0, 0.05) is 28.8 Å². The minimum absolute atomic E-state index is 0.0716. The highest BCUT2D eigenvalue weighted by Crippen LogP contribution is 2.34. The lowest BCUT2D eigenvalue weighted by atomic mass is 9.94. The van der Waals surface area contributed by atoms with Gasteiger partial charge in [0.05, 0.1) is 13.7 Å². The Hall–Kier alpha value is -3.45. The Morgan fingerprint density at radius 3 is 2.66 bits per heavy atom. The molecule has 0 atom stereocenters. The lowest BCUT2D eigenvalue weighted by Gasteiger charge is -2.18. The Labute approximate surface area is 167 Å². The van der Waals surface area contributed by atoms with Crippen molar-refractivity contribution in [3.05, 3.63) is 65.1 Å². The van der Waals surface area contributed by atoms with Gasteiger partial charge in [0.1, 0.15) is 11.6 Å². The lowest BCUT2D eigenvalue weighted by molar-refractivity contribution is 0.0946. The number of pyridine rings is 1. The number of amides is 1. The van der Waals surface area contributed by atoms with Crippen molar-refractivity contribution in [1.82, 2.24) is 10.3 Å². The largest absolute Gasteiger partial charge is 0.496 e. The summed E-state index contributed by atoms with van der Waals surface area (Å²) in [7, 11) is 1.51. The first-order valence-electron chi connectivity index (χ1n) is 9.17. The van der Waals surface area contributed by atoms with Crippen LogP contribution in [0.25, 0.3) is 22.3 Å². The Morgan fingerprint density at radius 2 is 1.90 bits per heavy atom. The van der Waals surface area contributed by atoms with Gasteiger partial charge < -0.3 is 20.9 Å². The molecule has 1 aromatic heterocycles. The number of aliphatic hydroxyl groups excluding tert-OH is 1. The van der Waals surface area contributed by atoms with Crippen LogP contribution in [0.4, 0.5) is 10.2 Å².